The van der Waals surface area contributed by atoms with Crippen LogP contribution >= 0.6 is 15.9 Å². The van der Waals surface area contributed by atoms with Crippen LogP contribution < -0.4 is 15.0 Å². The molecule has 2 aromatic carbocycles. The van der Waals surface area contributed by atoms with Crippen LogP contribution in [0.4, 0.5) is 19.0 Å². The third-order valence-corrected chi connectivity index (χ3v) is 7.64. The van der Waals surface area contributed by atoms with Crippen molar-refractivity contribution in [3.63, 3.8) is 0 Å². The molecule has 1 aliphatic rings. The summed E-state index contributed by atoms with van der Waals surface area (Å²) in [5.74, 6) is -1.44. The molecule has 1 amide bonds. The highest BCUT2D eigenvalue weighted by atomic mass is 79.9. The van der Waals surface area contributed by atoms with Gasteiger partial charge in [-0.15, -0.1) is 13.2 Å². The molecule has 0 saturated carbocycles. The molecule has 11 heteroatoms. The fourth-order valence-corrected chi connectivity index (χ4v) is 5.67. The van der Waals surface area contributed by atoms with Gasteiger partial charge in [-0.25, -0.2) is 4.98 Å². The van der Waals surface area contributed by atoms with Gasteiger partial charge in [0.15, 0.2) is 0 Å². The zero-order valence-electron chi connectivity index (χ0n) is 22.2. The van der Waals surface area contributed by atoms with Gasteiger partial charge < -0.3 is 20.1 Å². The van der Waals surface area contributed by atoms with Gasteiger partial charge in [0.05, 0.1) is 11.1 Å². The van der Waals surface area contributed by atoms with E-state index < -0.39 is 29.9 Å². The molecule has 2 atom stereocenters. The van der Waals surface area contributed by atoms with E-state index in [9.17, 15) is 27.9 Å². The maximum Gasteiger partial charge on any atom is 0.573 e. The van der Waals surface area contributed by atoms with Crippen molar-refractivity contribution in [3.05, 3.63) is 63.6 Å². The highest BCUT2D eigenvalue weighted by Gasteiger charge is 2.33. The summed E-state index contributed by atoms with van der Waals surface area (Å²) in [6.45, 7) is 5.60. The van der Waals surface area contributed by atoms with Crippen molar-refractivity contribution >= 4 is 44.5 Å². The number of hydrogen-bond acceptors (Lipinski definition) is 5. The van der Waals surface area contributed by atoms with Gasteiger partial charge in [-0.2, -0.15) is 0 Å². The van der Waals surface area contributed by atoms with Crippen molar-refractivity contribution in [1.29, 1.82) is 0 Å². The minimum atomic E-state index is -4.92. The predicted molar refractivity (Wildman–Crippen MR) is 150 cm³/mol. The van der Waals surface area contributed by atoms with E-state index in [-0.39, 0.29) is 24.9 Å². The number of piperidine rings is 1. The lowest BCUT2D eigenvalue weighted by Crippen LogP contribution is -2.36. The van der Waals surface area contributed by atoms with Gasteiger partial charge in [0.25, 0.3) is 5.91 Å². The van der Waals surface area contributed by atoms with Crippen LogP contribution in [0, 0.1) is 12.8 Å². The molecule has 2 heterocycles. The van der Waals surface area contributed by atoms with Crippen LogP contribution in [0.15, 0.2) is 46.9 Å². The quantitative estimate of drug-likeness (QED) is 0.272. The highest BCUT2D eigenvalue weighted by Crippen LogP contribution is 2.35. The molecule has 214 valence electrons. The summed E-state index contributed by atoms with van der Waals surface area (Å²) < 4.78 is 44.2. The number of nitrogens with zero attached hydrogens (tertiary/aromatic N) is 2. The van der Waals surface area contributed by atoms with Crippen molar-refractivity contribution in [2.75, 3.05) is 24.5 Å². The fraction of sp³-hybridized carbons (Fsp3) is 0.414. The van der Waals surface area contributed by atoms with E-state index in [1.54, 1.807) is 6.07 Å². The SMILES string of the molecule is Cc1c(N2CCC[C@@H](C)C2)nc2ccc(Br)cc2c1C(=O)NC[C@H](CCC(=O)O)c1ccccc1OC(F)(F)F. The number of carbonyl (C=O) groups is 2. The standard InChI is InChI=1S/C29H31BrF3N3O4/c1-17-6-5-13-36(16-17)27-18(2)26(22-14-20(30)10-11-23(22)35-27)28(39)34-15-19(9-12-25(37)38)21-7-3-4-8-24(21)40-29(31,32)33/h3-4,7-8,10-11,14,17,19H,5-6,9,12-13,15-16H2,1-2H3,(H,34,39)(H,37,38)/t17-,19+/m1/s1. The number of fused-ring (bicyclic) bond motifs is 1. The number of amides is 1. The van der Waals surface area contributed by atoms with E-state index in [0.717, 1.165) is 36.2 Å². The van der Waals surface area contributed by atoms with Crippen molar-refractivity contribution in [1.82, 2.24) is 10.3 Å². The molecular formula is C29H31BrF3N3O4. The number of pyridine rings is 1. The first-order valence-electron chi connectivity index (χ1n) is 13.1. The molecule has 0 radical (unpaired) electrons. The van der Waals surface area contributed by atoms with E-state index in [1.165, 1.54) is 18.2 Å². The molecule has 1 saturated heterocycles. The van der Waals surface area contributed by atoms with E-state index in [2.05, 4.69) is 37.8 Å². The van der Waals surface area contributed by atoms with Crippen LogP contribution in [0.3, 0.4) is 0 Å². The number of aliphatic carboxylic acids is 1. The number of carbonyl (C=O) groups excluding carboxylic acids is 1. The van der Waals surface area contributed by atoms with Gasteiger partial charge in [0, 0.05) is 47.4 Å². The van der Waals surface area contributed by atoms with Crippen molar-refractivity contribution in [3.8, 4) is 5.75 Å². The molecule has 7 nitrogen and oxygen atoms in total. The second-order valence-electron chi connectivity index (χ2n) is 10.2. The summed E-state index contributed by atoms with van der Waals surface area (Å²) in [4.78, 5) is 32.2. The Kier molecular flexibility index (Phi) is 9.22. The molecule has 2 N–H and O–H groups in total. The molecule has 40 heavy (non-hydrogen) atoms. The van der Waals surface area contributed by atoms with Crippen LogP contribution in [-0.4, -0.2) is 48.0 Å². The van der Waals surface area contributed by atoms with Gasteiger partial charge in [-0.1, -0.05) is 41.1 Å². The number of rotatable bonds is 9. The number of carboxylic acid groups (broad SMARTS) is 1. The number of aromatic nitrogens is 1. The number of alkyl halides is 3. The van der Waals surface area contributed by atoms with Gasteiger partial charge in [-0.3, -0.25) is 9.59 Å². The fourth-order valence-electron chi connectivity index (χ4n) is 5.30. The number of hydrogen-bond donors (Lipinski definition) is 2. The number of nitrogens with one attached hydrogen (secondary N) is 1. The maximum atomic E-state index is 13.8. The average molecular weight is 622 g/mol. The summed E-state index contributed by atoms with van der Waals surface area (Å²) >= 11 is 3.47. The Labute approximate surface area is 238 Å². The van der Waals surface area contributed by atoms with Gasteiger partial charge in [-0.05, 0) is 61.9 Å². The maximum absolute atomic E-state index is 13.8. The van der Waals surface area contributed by atoms with Crippen molar-refractivity contribution in [2.24, 2.45) is 5.92 Å². The van der Waals surface area contributed by atoms with E-state index in [1.807, 2.05) is 25.1 Å². The lowest BCUT2D eigenvalue weighted by molar-refractivity contribution is -0.275. The molecule has 0 aliphatic carbocycles. The highest BCUT2D eigenvalue weighted by molar-refractivity contribution is 9.10. The van der Waals surface area contributed by atoms with Crippen molar-refractivity contribution < 1.29 is 32.6 Å². The normalized spacial score (nSPS) is 16.6. The molecule has 1 aromatic heterocycles. The van der Waals surface area contributed by atoms with Crippen LogP contribution in [-0.2, 0) is 4.79 Å². The number of carboxylic acids is 1. The lowest BCUT2D eigenvalue weighted by atomic mass is 9.92. The van der Waals surface area contributed by atoms with Crippen LogP contribution in [0.1, 0.15) is 60.0 Å². The first-order valence-corrected chi connectivity index (χ1v) is 13.9. The Bertz CT molecular complexity index is 1400. The first kappa shape index (κ1) is 29.6. The monoisotopic (exact) mass is 621 g/mol. The smallest absolute Gasteiger partial charge is 0.481 e. The molecule has 3 aromatic rings. The number of benzene rings is 2. The van der Waals surface area contributed by atoms with Crippen LogP contribution in [0.2, 0.25) is 0 Å². The van der Waals surface area contributed by atoms with Crippen molar-refractivity contribution in [2.45, 2.75) is 51.8 Å². The lowest BCUT2D eigenvalue weighted by Gasteiger charge is -2.33. The second-order valence-corrected chi connectivity index (χ2v) is 11.1. The first-order chi connectivity index (χ1) is 18.9. The Morgan fingerprint density at radius 1 is 1.25 bits per heavy atom. The molecule has 0 bridgehead atoms. The number of anilines is 1. The third-order valence-electron chi connectivity index (χ3n) is 7.15. The summed E-state index contributed by atoms with van der Waals surface area (Å²) in [6, 6.07) is 11.1. The molecule has 1 fully saturated rings. The molecule has 4 rings (SSSR count). The summed E-state index contributed by atoms with van der Waals surface area (Å²) in [5, 5.41) is 12.8. The third kappa shape index (κ3) is 7.24. The van der Waals surface area contributed by atoms with Gasteiger partial charge in [0.2, 0.25) is 0 Å². The molecular weight excluding hydrogens is 591 g/mol. The summed E-state index contributed by atoms with van der Waals surface area (Å²) in [5.41, 5.74) is 1.96. The minimum Gasteiger partial charge on any atom is -0.481 e. The Hall–Kier alpha value is -3.34. The summed E-state index contributed by atoms with van der Waals surface area (Å²) in [6.07, 6.45) is -3.05. The van der Waals surface area contributed by atoms with Crippen LogP contribution in [0.5, 0.6) is 5.75 Å². The zero-order valence-corrected chi connectivity index (χ0v) is 23.8. The Morgan fingerprint density at radius 2 is 2.00 bits per heavy atom. The molecule has 0 unspecified atom stereocenters. The molecule has 0 spiro atoms. The largest absolute Gasteiger partial charge is 0.573 e. The molecule has 1 aliphatic heterocycles. The van der Waals surface area contributed by atoms with Gasteiger partial charge in [0.1, 0.15) is 11.6 Å². The Balaban J connectivity index is 1.68. The number of ether oxygens (including phenoxy) is 1. The topological polar surface area (TPSA) is 91.8 Å². The zero-order chi connectivity index (χ0) is 29.0. The van der Waals surface area contributed by atoms with E-state index in [4.69, 9.17) is 4.98 Å². The second kappa shape index (κ2) is 12.4. The van der Waals surface area contributed by atoms with E-state index in [0.29, 0.717) is 27.9 Å². The average Bonchev–Trinajstić information content (AvgIpc) is 2.88. The van der Waals surface area contributed by atoms with E-state index >= 15 is 0 Å². The van der Waals surface area contributed by atoms with Crippen LogP contribution in [0.25, 0.3) is 10.9 Å². The minimum absolute atomic E-state index is 0.00633. The number of para-hydroxylation sites is 1. The predicted octanol–water partition coefficient (Wildman–Crippen LogP) is 6.82. The number of halogens is 4. The van der Waals surface area contributed by atoms with Gasteiger partial charge >= 0.3 is 12.3 Å². The Morgan fingerprint density at radius 3 is 2.70 bits per heavy atom. The summed E-state index contributed by atoms with van der Waals surface area (Å²) in [7, 11) is 0.